The van der Waals surface area contributed by atoms with Crippen molar-refractivity contribution >= 4 is 11.8 Å². The molecule has 0 bridgehead atoms. The number of pyridine rings is 1. The van der Waals surface area contributed by atoms with Crippen LogP contribution < -0.4 is 5.32 Å². The van der Waals surface area contributed by atoms with E-state index in [-0.39, 0.29) is 11.6 Å². The third kappa shape index (κ3) is 2.57. The molecule has 1 aliphatic rings. The summed E-state index contributed by atoms with van der Waals surface area (Å²) < 4.78 is 0. The molecule has 0 saturated heterocycles. The second kappa shape index (κ2) is 4.73. The lowest BCUT2D eigenvalue weighted by molar-refractivity contribution is 0.0697. The third-order valence-corrected chi connectivity index (χ3v) is 3.49. The second-order valence-electron chi connectivity index (χ2n) is 4.78. The summed E-state index contributed by atoms with van der Waals surface area (Å²) in [6.07, 6.45) is 3.73. The Balaban J connectivity index is 2.17. The number of hydrogen-bond donors (Lipinski definition) is 2. The van der Waals surface area contributed by atoms with Gasteiger partial charge in [0.15, 0.2) is 0 Å². The number of anilines is 1. The third-order valence-electron chi connectivity index (χ3n) is 3.49. The number of aryl methyl sites for hydroxylation is 1. The highest BCUT2D eigenvalue weighted by molar-refractivity contribution is 5.93. The van der Waals surface area contributed by atoms with Crippen LogP contribution >= 0.6 is 0 Å². The molecule has 0 aliphatic heterocycles. The summed E-state index contributed by atoms with van der Waals surface area (Å²) in [7, 11) is 0. The van der Waals surface area contributed by atoms with Crippen molar-refractivity contribution in [2.75, 3.05) is 5.32 Å². The molecule has 1 unspecified atom stereocenters. The Morgan fingerprint density at radius 1 is 1.53 bits per heavy atom. The minimum absolute atomic E-state index is 0.252. The maximum absolute atomic E-state index is 11.1. The molecule has 1 fully saturated rings. The first-order valence-electron chi connectivity index (χ1n) is 6.05. The van der Waals surface area contributed by atoms with Crippen molar-refractivity contribution in [3.8, 4) is 0 Å². The number of rotatable bonds is 4. The molecule has 2 rings (SSSR count). The zero-order valence-corrected chi connectivity index (χ0v) is 10.2. The van der Waals surface area contributed by atoms with Gasteiger partial charge in [0.1, 0.15) is 11.4 Å². The number of carboxylic acids is 1. The Bertz CT molecular complexity index is 427. The molecule has 92 valence electrons. The van der Waals surface area contributed by atoms with Crippen LogP contribution in [0.25, 0.3) is 0 Å². The van der Waals surface area contributed by atoms with Crippen molar-refractivity contribution in [2.45, 2.75) is 39.2 Å². The lowest BCUT2D eigenvalue weighted by atomic mass is 9.80. The molecule has 2 N–H and O–H groups in total. The Morgan fingerprint density at radius 3 is 2.76 bits per heavy atom. The van der Waals surface area contributed by atoms with Gasteiger partial charge in [-0.05, 0) is 44.7 Å². The topological polar surface area (TPSA) is 62.2 Å². The first kappa shape index (κ1) is 11.9. The van der Waals surface area contributed by atoms with Gasteiger partial charge in [-0.15, -0.1) is 0 Å². The summed E-state index contributed by atoms with van der Waals surface area (Å²) in [6.45, 7) is 3.96. The smallest absolute Gasteiger partial charge is 0.339 e. The van der Waals surface area contributed by atoms with Gasteiger partial charge in [0, 0.05) is 11.7 Å². The Morgan fingerprint density at radius 2 is 2.24 bits per heavy atom. The van der Waals surface area contributed by atoms with E-state index in [0.29, 0.717) is 11.7 Å². The van der Waals surface area contributed by atoms with Crippen molar-refractivity contribution < 1.29 is 9.90 Å². The number of nitrogens with one attached hydrogen (secondary N) is 1. The lowest BCUT2D eigenvalue weighted by Gasteiger charge is -2.32. The Labute approximate surface area is 101 Å². The number of aromatic nitrogens is 1. The Hall–Kier alpha value is -1.58. The van der Waals surface area contributed by atoms with Gasteiger partial charge < -0.3 is 10.4 Å². The standard InChI is InChI=1S/C13H18N2O2/c1-8-6-7-11(13(16)17)12(14-8)15-9(2)10-4-3-5-10/h6-7,9-10H,3-5H2,1-2H3,(H,14,15)(H,16,17). The number of carboxylic acid groups (broad SMARTS) is 1. The normalized spacial score (nSPS) is 17.3. The molecule has 0 radical (unpaired) electrons. The van der Waals surface area contributed by atoms with Crippen molar-refractivity contribution in [2.24, 2.45) is 5.92 Å². The molecular formula is C13H18N2O2. The first-order valence-corrected chi connectivity index (χ1v) is 6.05. The molecule has 4 nitrogen and oxygen atoms in total. The van der Waals surface area contributed by atoms with Crippen LogP contribution in [0.2, 0.25) is 0 Å². The fourth-order valence-corrected chi connectivity index (χ4v) is 2.11. The molecule has 1 aromatic heterocycles. The molecule has 1 saturated carbocycles. The molecule has 0 spiro atoms. The highest BCUT2D eigenvalue weighted by Crippen LogP contribution is 2.31. The van der Waals surface area contributed by atoms with E-state index in [1.54, 1.807) is 12.1 Å². The van der Waals surface area contributed by atoms with Gasteiger partial charge in [-0.25, -0.2) is 9.78 Å². The predicted molar refractivity (Wildman–Crippen MR) is 66.4 cm³/mol. The van der Waals surface area contributed by atoms with Crippen LogP contribution in [-0.2, 0) is 0 Å². The molecule has 17 heavy (non-hydrogen) atoms. The maximum Gasteiger partial charge on any atom is 0.339 e. The van der Waals surface area contributed by atoms with E-state index in [9.17, 15) is 4.79 Å². The number of hydrogen-bond acceptors (Lipinski definition) is 3. The van der Waals surface area contributed by atoms with Crippen LogP contribution in [0.4, 0.5) is 5.82 Å². The second-order valence-corrected chi connectivity index (χ2v) is 4.78. The summed E-state index contributed by atoms with van der Waals surface area (Å²) in [4.78, 5) is 15.4. The van der Waals surface area contributed by atoms with Gasteiger partial charge >= 0.3 is 5.97 Å². The molecule has 0 amide bonds. The number of aromatic carboxylic acids is 1. The minimum atomic E-state index is -0.930. The Kier molecular flexibility index (Phi) is 3.31. The van der Waals surface area contributed by atoms with Gasteiger partial charge in [-0.2, -0.15) is 0 Å². The van der Waals surface area contributed by atoms with Crippen molar-refractivity contribution in [3.05, 3.63) is 23.4 Å². The molecule has 0 aromatic carbocycles. The summed E-state index contributed by atoms with van der Waals surface area (Å²) in [5.74, 6) is 0.219. The molecule has 1 atom stereocenters. The summed E-state index contributed by atoms with van der Waals surface area (Å²) >= 11 is 0. The van der Waals surface area contributed by atoms with Crippen LogP contribution in [0.1, 0.15) is 42.2 Å². The lowest BCUT2D eigenvalue weighted by Crippen LogP contribution is -2.31. The maximum atomic E-state index is 11.1. The van der Waals surface area contributed by atoms with E-state index in [1.807, 2.05) is 6.92 Å². The van der Waals surface area contributed by atoms with Crippen LogP contribution in [0.5, 0.6) is 0 Å². The van der Waals surface area contributed by atoms with Crippen LogP contribution in [0.3, 0.4) is 0 Å². The van der Waals surface area contributed by atoms with Crippen molar-refractivity contribution in [3.63, 3.8) is 0 Å². The fraction of sp³-hybridized carbons (Fsp3) is 0.538. The molecule has 4 heteroatoms. The van der Waals surface area contributed by atoms with Gasteiger partial charge in [0.05, 0.1) is 0 Å². The highest BCUT2D eigenvalue weighted by atomic mass is 16.4. The van der Waals surface area contributed by atoms with E-state index in [2.05, 4.69) is 17.2 Å². The average Bonchev–Trinajstić information content (AvgIpc) is 2.13. The predicted octanol–water partition coefficient (Wildman–Crippen LogP) is 2.69. The molecular weight excluding hydrogens is 216 g/mol. The molecule has 1 aromatic rings. The SMILES string of the molecule is Cc1ccc(C(=O)O)c(NC(C)C2CCC2)n1. The average molecular weight is 234 g/mol. The van der Waals surface area contributed by atoms with E-state index < -0.39 is 5.97 Å². The van der Waals surface area contributed by atoms with Crippen molar-refractivity contribution in [1.82, 2.24) is 4.98 Å². The van der Waals surface area contributed by atoms with Gasteiger partial charge in [0.25, 0.3) is 0 Å². The van der Waals surface area contributed by atoms with Gasteiger partial charge in [-0.3, -0.25) is 0 Å². The monoisotopic (exact) mass is 234 g/mol. The van der Waals surface area contributed by atoms with E-state index in [4.69, 9.17) is 5.11 Å². The highest BCUT2D eigenvalue weighted by Gasteiger charge is 2.25. The fourth-order valence-electron chi connectivity index (χ4n) is 2.11. The van der Waals surface area contributed by atoms with Crippen LogP contribution in [0.15, 0.2) is 12.1 Å². The molecule has 1 heterocycles. The van der Waals surface area contributed by atoms with Crippen LogP contribution in [-0.4, -0.2) is 22.1 Å². The zero-order chi connectivity index (χ0) is 12.4. The van der Waals surface area contributed by atoms with E-state index in [0.717, 1.165) is 5.69 Å². The summed E-state index contributed by atoms with van der Waals surface area (Å²) in [5, 5.41) is 12.3. The largest absolute Gasteiger partial charge is 0.478 e. The number of carbonyl (C=O) groups is 1. The summed E-state index contributed by atoms with van der Waals surface area (Å²) in [5.41, 5.74) is 1.08. The zero-order valence-electron chi connectivity index (χ0n) is 10.2. The van der Waals surface area contributed by atoms with E-state index >= 15 is 0 Å². The first-order chi connectivity index (χ1) is 8.08. The van der Waals surface area contributed by atoms with Gasteiger partial charge in [0.2, 0.25) is 0 Å². The quantitative estimate of drug-likeness (QED) is 0.840. The summed E-state index contributed by atoms with van der Waals surface area (Å²) in [6, 6.07) is 3.62. The van der Waals surface area contributed by atoms with Gasteiger partial charge in [-0.1, -0.05) is 6.42 Å². The minimum Gasteiger partial charge on any atom is -0.478 e. The number of nitrogens with zero attached hydrogens (tertiary/aromatic N) is 1. The van der Waals surface area contributed by atoms with E-state index in [1.165, 1.54) is 19.3 Å². The molecule has 1 aliphatic carbocycles. The van der Waals surface area contributed by atoms with Crippen LogP contribution in [0, 0.1) is 12.8 Å². The van der Waals surface area contributed by atoms with Crippen molar-refractivity contribution in [1.29, 1.82) is 0 Å².